The number of nitrogens with one attached hydrogen (secondary N) is 2. The number of hydrogen-bond acceptors (Lipinski definition) is 4. The van der Waals surface area contributed by atoms with Gasteiger partial charge in [0.1, 0.15) is 11.6 Å². The number of hydrogen-bond donors (Lipinski definition) is 2. The molecule has 148 valence electrons. The van der Waals surface area contributed by atoms with Crippen LogP contribution in [0.4, 0.5) is 14.5 Å². The molecule has 0 saturated carbocycles. The van der Waals surface area contributed by atoms with E-state index in [9.17, 15) is 23.2 Å². The van der Waals surface area contributed by atoms with Gasteiger partial charge in [0.15, 0.2) is 6.10 Å². The molecule has 2 amide bonds. The van der Waals surface area contributed by atoms with Crippen LogP contribution in [0.15, 0.2) is 42.5 Å². The predicted octanol–water partition coefficient (Wildman–Crippen LogP) is 3.31. The monoisotopic (exact) mass is 410 g/mol. The number of ether oxygens (including phenoxy) is 1. The molecular formula is C19H17ClF2N2O4. The molecule has 6 nitrogen and oxygen atoms in total. The summed E-state index contributed by atoms with van der Waals surface area (Å²) in [5.41, 5.74) is 0.149. The summed E-state index contributed by atoms with van der Waals surface area (Å²) >= 11 is 5.76. The second kappa shape index (κ2) is 9.80. The van der Waals surface area contributed by atoms with Crippen molar-refractivity contribution in [2.45, 2.75) is 19.4 Å². The van der Waals surface area contributed by atoms with E-state index in [0.717, 1.165) is 12.1 Å². The van der Waals surface area contributed by atoms with Gasteiger partial charge in [-0.2, -0.15) is 0 Å². The first-order valence-electron chi connectivity index (χ1n) is 8.25. The van der Waals surface area contributed by atoms with Crippen LogP contribution in [0.3, 0.4) is 0 Å². The molecule has 0 bridgehead atoms. The molecule has 2 aromatic carbocycles. The fraction of sp³-hybridized carbons (Fsp3) is 0.211. The molecule has 0 aliphatic carbocycles. The third-order valence-electron chi connectivity index (χ3n) is 3.58. The Labute approximate surface area is 164 Å². The smallest absolute Gasteiger partial charge is 0.308 e. The van der Waals surface area contributed by atoms with Crippen LogP contribution in [0.25, 0.3) is 0 Å². The molecule has 0 fully saturated rings. The summed E-state index contributed by atoms with van der Waals surface area (Å²) in [5.74, 6) is -3.86. The van der Waals surface area contributed by atoms with Gasteiger partial charge >= 0.3 is 5.97 Å². The SMILES string of the molecule is CC(OC(=O)CCNC(=O)c1ccc(F)cc1F)C(=O)Nc1ccc(Cl)cc1. The molecule has 0 radical (unpaired) electrons. The number of amides is 2. The van der Waals surface area contributed by atoms with Crippen LogP contribution in [0.2, 0.25) is 5.02 Å². The third-order valence-corrected chi connectivity index (χ3v) is 3.83. The van der Waals surface area contributed by atoms with E-state index < -0.39 is 35.5 Å². The van der Waals surface area contributed by atoms with Gasteiger partial charge in [-0.15, -0.1) is 0 Å². The largest absolute Gasteiger partial charge is 0.452 e. The molecular weight excluding hydrogens is 394 g/mol. The first kappa shape index (κ1) is 21.3. The highest BCUT2D eigenvalue weighted by molar-refractivity contribution is 6.30. The second-order valence-electron chi connectivity index (χ2n) is 5.76. The molecule has 1 atom stereocenters. The van der Waals surface area contributed by atoms with Crippen LogP contribution < -0.4 is 10.6 Å². The Balaban J connectivity index is 1.76. The maximum Gasteiger partial charge on any atom is 0.308 e. The first-order chi connectivity index (χ1) is 13.3. The van der Waals surface area contributed by atoms with Crippen LogP contribution in [-0.4, -0.2) is 30.4 Å². The molecule has 0 spiro atoms. The maximum atomic E-state index is 13.5. The van der Waals surface area contributed by atoms with Gasteiger partial charge in [-0.1, -0.05) is 11.6 Å². The van der Waals surface area contributed by atoms with E-state index in [2.05, 4.69) is 10.6 Å². The van der Waals surface area contributed by atoms with Crippen molar-refractivity contribution in [1.82, 2.24) is 5.32 Å². The average Bonchev–Trinajstić information content (AvgIpc) is 2.63. The quantitative estimate of drug-likeness (QED) is 0.686. The number of anilines is 1. The van der Waals surface area contributed by atoms with E-state index in [1.807, 2.05) is 0 Å². The van der Waals surface area contributed by atoms with Gasteiger partial charge in [0.05, 0.1) is 12.0 Å². The molecule has 0 heterocycles. The van der Waals surface area contributed by atoms with Crippen LogP contribution >= 0.6 is 11.6 Å². The summed E-state index contributed by atoms with van der Waals surface area (Å²) in [6.45, 7) is 1.26. The van der Waals surface area contributed by atoms with Gasteiger partial charge in [0.25, 0.3) is 11.8 Å². The standard InChI is InChI=1S/C19H17ClF2N2O4/c1-11(18(26)24-14-5-2-12(20)3-6-14)28-17(25)8-9-23-19(27)15-7-4-13(21)10-16(15)22/h2-7,10-11H,8-9H2,1H3,(H,23,27)(H,24,26). The zero-order valence-electron chi connectivity index (χ0n) is 14.8. The number of carbonyl (C=O) groups excluding carboxylic acids is 3. The van der Waals surface area contributed by atoms with Gasteiger partial charge in [-0.3, -0.25) is 14.4 Å². The van der Waals surface area contributed by atoms with Crippen molar-refractivity contribution in [2.24, 2.45) is 0 Å². The number of esters is 1. The van der Waals surface area contributed by atoms with E-state index in [1.54, 1.807) is 24.3 Å². The van der Waals surface area contributed by atoms with Crippen LogP contribution in [0.1, 0.15) is 23.7 Å². The molecule has 2 rings (SSSR count). The number of carbonyl (C=O) groups is 3. The molecule has 9 heteroatoms. The molecule has 0 saturated heterocycles. The van der Waals surface area contributed by atoms with Crippen molar-refractivity contribution in [3.8, 4) is 0 Å². The average molecular weight is 411 g/mol. The highest BCUT2D eigenvalue weighted by Crippen LogP contribution is 2.14. The van der Waals surface area contributed by atoms with Crippen molar-refractivity contribution in [3.63, 3.8) is 0 Å². The third kappa shape index (κ3) is 6.31. The fourth-order valence-electron chi connectivity index (χ4n) is 2.13. The Hall–Kier alpha value is -3.00. The normalized spacial score (nSPS) is 11.4. The summed E-state index contributed by atoms with van der Waals surface area (Å²) in [7, 11) is 0. The Morgan fingerprint density at radius 2 is 1.79 bits per heavy atom. The summed E-state index contributed by atoms with van der Waals surface area (Å²) in [6.07, 6.45) is -1.29. The second-order valence-corrected chi connectivity index (χ2v) is 6.19. The molecule has 2 aromatic rings. The molecule has 1 unspecified atom stereocenters. The maximum absolute atomic E-state index is 13.5. The van der Waals surface area contributed by atoms with Crippen LogP contribution in [0, 0.1) is 11.6 Å². The van der Waals surface area contributed by atoms with Gasteiger partial charge in [-0.25, -0.2) is 8.78 Å². The molecule has 2 N–H and O–H groups in total. The highest BCUT2D eigenvalue weighted by Gasteiger charge is 2.18. The highest BCUT2D eigenvalue weighted by atomic mass is 35.5. The molecule has 0 aliphatic rings. The zero-order valence-corrected chi connectivity index (χ0v) is 15.6. The van der Waals surface area contributed by atoms with Gasteiger partial charge in [0.2, 0.25) is 0 Å². The van der Waals surface area contributed by atoms with Crippen molar-refractivity contribution in [1.29, 1.82) is 0 Å². The minimum atomic E-state index is -1.06. The molecule has 0 aliphatic heterocycles. The van der Waals surface area contributed by atoms with Gasteiger partial charge in [0, 0.05) is 23.3 Å². The van der Waals surface area contributed by atoms with E-state index in [1.165, 1.54) is 6.92 Å². The predicted molar refractivity (Wildman–Crippen MR) is 98.9 cm³/mol. The van der Waals surface area contributed by atoms with Gasteiger partial charge in [-0.05, 0) is 43.3 Å². The summed E-state index contributed by atoms with van der Waals surface area (Å²) in [6, 6.07) is 8.93. The van der Waals surface area contributed by atoms with E-state index in [0.29, 0.717) is 16.8 Å². The Morgan fingerprint density at radius 3 is 2.43 bits per heavy atom. The van der Waals surface area contributed by atoms with Crippen molar-refractivity contribution < 1.29 is 27.9 Å². The van der Waals surface area contributed by atoms with Crippen LogP contribution in [0.5, 0.6) is 0 Å². The van der Waals surface area contributed by atoms with Crippen LogP contribution in [-0.2, 0) is 14.3 Å². The lowest BCUT2D eigenvalue weighted by molar-refractivity contribution is -0.153. The van der Waals surface area contributed by atoms with Crippen molar-refractivity contribution in [2.75, 3.05) is 11.9 Å². The Morgan fingerprint density at radius 1 is 1.11 bits per heavy atom. The lowest BCUT2D eigenvalue weighted by Gasteiger charge is -2.14. The van der Waals surface area contributed by atoms with E-state index in [4.69, 9.17) is 16.3 Å². The minimum absolute atomic E-state index is 0.139. The lowest BCUT2D eigenvalue weighted by Crippen LogP contribution is -2.32. The lowest BCUT2D eigenvalue weighted by atomic mass is 10.2. The molecule has 28 heavy (non-hydrogen) atoms. The topological polar surface area (TPSA) is 84.5 Å². The van der Waals surface area contributed by atoms with E-state index in [-0.39, 0.29) is 18.5 Å². The zero-order chi connectivity index (χ0) is 20.7. The number of rotatable bonds is 7. The summed E-state index contributed by atoms with van der Waals surface area (Å²) < 4.78 is 31.3. The molecule has 0 aromatic heterocycles. The minimum Gasteiger partial charge on any atom is -0.452 e. The summed E-state index contributed by atoms with van der Waals surface area (Å²) in [4.78, 5) is 35.6. The number of halogens is 3. The van der Waals surface area contributed by atoms with Crippen molar-refractivity contribution >= 4 is 35.1 Å². The van der Waals surface area contributed by atoms with Crippen molar-refractivity contribution in [3.05, 3.63) is 64.7 Å². The van der Waals surface area contributed by atoms with E-state index >= 15 is 0 Å². The summed E-state index contributed by atoms with van der Waals surface area (Å²) in [5, 5.41) is 5.40. The Kier molecular flexibility index (Phi) is 7.45. The number of benzene rings is 2. The van der Waals surface area contributed by atoms with Gasteiger partial charge < -0.3 is 15.4 Å². The fourth-order valence-corrected chi connectivity index (χ4v) is 2.26. The first-order valence-corrected chi connectivity index (χ1v) is 8.63. The Bertz CT molecular complexity index is 875.